The maximum Gasteiger partial charge on any atom is 0.0405 e. The summed E-state index contributed by atoms with van der Waals surface area (Å²) in [5.41, 5.74) is 2.85. The van der Waals surface area contributed by atoms with Crippen LogP contribution in [0.25, 0.3) is 0 Å². The molecule has 0 radical (unpaired) electrons. The largest absolute Gasteiger partial charge is 0.312 e. The van der Waals surface area contributed by atoms with Gasteiger partial charge in [-0.15, -0.1) is 0 Å². The van der Waals surface area contributed by atoms with Crippen molar-refractivity contribution in [3.05, 3.63) is 27.1 Å². The van der Waals surface area contributed by atoms with Crippen LogP contribution in [0.2, 0.25) is 0 Å². The van der Waals surface area contributed by atoms with Gasteiger partial charge in [0, 0.05) is 22.5 Å². The molecule has 0 unspecified atom stereocenters. The summed E-state index contributed by atoms with van der Waals surface area (Å²) in [5, 5.41) is 3.35. The van der Waals surface area contributed by atoms with Gasteiger partial charge in [0.15, 0.2) is 0 Å². The Morgan fingerprint density at radius 3 is 3.18 bits per heavy atom. The monoisotopic (exact) mass is 260 g/mol. The second-order valence-electron chi connectivity index (χ2n) is 2.69. The highest BCUT2D eigenvalue weighted by Gasteiger charge is 2.10. The van der Waals surface area contributed by atoms with E-state index in [1.807, 2.05) is 12.4 Å². The molecule has 0 aromatic carbocycles. The molecule has 0 bridgehead atoms. The number of fused-ring (bicyclic) bond motifs is 1. The van der Waals surface area contributed by atoms with E-state index in [9.17, 15) is 0 Å². The Kier molecular flexibility index (Phi) is 2.09. The third kappa shape index (κ3) is 1.39. The molecule has 2 rings (SSSR count). The molecule has 1 aliphatic rings. The molecule has 0 saturated carbocycles. The molecule has 2 nitrogen and oxygen atoms in total. The van der Waals surface area contributed by atoms with E-state index in [1.54, 1.807) is 0 Å². The summed E-state index contributed by atoms with van der Waals surface area (Å²) in [6, 6.07) is 0. The van der Waals surface area contributed by atoms with Gasteiger partial charge < -0.3 is 5.32 Å². The lowest BCUT2D eigenvalue weighted by Crippen LogP contribution is -2.24. The lowest BCUT2D eigenvalue weighted by atomic mass is 10.0. The van der Waals surface area contributed by atoms with Gasteiger partial charge >= 0.3 is 0 Å². The molecule has 58 valence electrons. The summed E-state index contributed by atoms with van der Waals surface area (Å²) >= 11 is 2.34. The number of hydrogen-bond donors (Lipinski definition) is 1. The van der Waals surface area contributed by atoms with Crippen LogP contribution in [-0.2, 0) is 13.0 Å². The molecular formula is C8H9IN2. The average Bonchev–Trinajstić information content (AvgIpc) is 2.06. The summed E-state index contributed by atoms with van der Waals surface area (Å²) in [4.78, 5) is 4.16. The first kappa shape index (κ1) is 7.49. The van der Waals surface area contributed by atoms with Gasteiger partial charge in [0.2, 0.25) is 0 Å². The van der Waals surface area contributed by atoms with Crippen molar-refractivity contribution in [3.63, 3.8) is 0 Å². The Morgan fingerprint density at radius 1 is 1.45 bits per heavy atom. The number of hydrogen-bond acceptors (Lipinski definition) is 2. The molecule has 0 amide bonds. The third-order valence-electron chi connectivity index (χ3n) is 1.97. The van der Waals surface area contributed by atoms with Crippen molar-refractivity contribution in [2.45, 2.75) is 13.0 Å². The van der Waals surface area contributed by atoms with Crippen molar-refractivity contribution in [2.75, 3.05) is 6.54 Å². The standard InChI is InChI=1S/C8H9IN2/c9-8-5-11-3-6-1-2-10-4-7(6)8/h3,5,10H,1-2,4H2. The number of halogens is 1. The SMILES string of the molecule is Ic1cncc2c1CNCC2. The maximum atomic E-state index is 4.16. The van der Waals surface area contributed by atoms with E-state index < -0.39 is 0 Å². The van der Waals surface area contributed by atoms with Gasteiger partial charge in [-0.1, -0.05) is 0 Å². The summed E-state index contributed by atoms with van der Waals surface area (Å²) in [6.45, 7) is 2.10. The van der Waals surface area contributed by atoms with Crippen LogP contribution >= 0.6 is 22.6 Å². The predicted molar refractivity (Wildman–Crippen MR) is 52.4 cm³/mol. The molecule has 1 aromatic heterocycles. The summed E-state index contributed by atoms with van der Waals surface area (Å²) in [7, 11) is 0. The minimum atomic E-state index is 1.01. The molecule has 0 aliphatic carbocycles. The van der Waals surface area contributed by atoms with Gasteiger partial charge in [0.05, 0.1) is 0 Å². The van der Waals surface area contributed by atoms with E-state index in [-0.39, 0.29) is 0 Å². The van der Waals surface area contributed by atoms with Crippen LogP contribution in [-0.4, -0.2) is 11.5 Å². The molecule has 1 aliphatic heterocycles. The first-order valence-corrected chi connectivity index (χ1v) is 4.78. The van der Waals surface area contributed by atoms with Gasteiger partial charge in [0.25, 0.3) is 0 Å². The molecule has 1 N–H and O–H groups in total. The number of pyridine rings is 1. The van der Waals surface area contributed by atoms with E-state index in [2.05, 4.69) is 32.9 Å². The van der Waals surface area contributed by atoms with E-state index in [0.717, 1.165) is 19.5 Å². The Labute approximate surface area is 79.6 Å². The van der Waals surface area contributed by atoms with Gasteiger partial charge in [-0.3, -0.25) is 4.98 Å². The molecule has 3 heteroatoms. The smallest absolute Gasteiger partial charge is 0.0405 e. The highest BCUT2D eigenvalue weighted by Crippen LogP contribution is 2.17. The van der Waals surface area contributed by atoms with Crippen molar-refractivity contribution in [3.8, 4) is 0 Å². The van der Waals surface area contributed by atoms with Crippen LogP contribution < -0.4 is 5.32 Å². The predicted octanol–water partition coefficient (Wildman–Crippen LogP) is 1.33. The van der Waals surface area contributed by atoms with Crippen molar-refractivity contribution in [1.29, 1.82) is 0 Å². The van der Waals surface area contributed by atoms with Crippen LogP contribution in [0.15, 0.2) is 12.4 Å². The quantitative estimate of drug-likeness (QED) is 0.712. The van der Waals surface area contributed by atoms with Crippen molar-refractivity contribution in [1.82, 2.24) is 10.3 Å². The fourth-order valence-electron chi connectivity index (χ4n) is 1.35. The number of nitrogens with zero attached hydrogens (tertiary/aromatic N) is 1. The Hall–Kier alpha value is -0.160. The zero-order chi connectivity index (χ0) is 7.68. The van der Waals surface area contributed by atoms with Gasteiger partial charge in [-0.25, -0.2) is 0 Å². The van der Waals surface area contributed by atoms with Crippen LogP contribution in [0.5, 0.6) is 0 Å². The van der Waals surface area contributed by atoms with Crippen LogP contribution in [0.3, 0.4) is 0 Å². The zero-order valence-electron chi connectivity index (χ0n) is 6.10. The number of rotatable bonds is 0. The number of nitrogens with one attached hydrogen (secondary N) is 1. The highest BCUT2D eigenvalue weighted by molar-refractivity contribution is 14.1. The van der Waals surface area contributed by atoms with Crippen LogP contribution in [0, 0.1) is 3.57 Å². The van der Waals surface area contributed by atoms with Crippen molar-refractivity contribution in [2.24, 2.45) is 0 Å². The van der Waals surface area contributed by atoms with Crippen molar-refractivity contribution < 1.29 is 0 Å². The Bertz CT molecular complexity index is 273. The summed E-state index contributed by atoms with van der Waals surface area (Å²) in [6.07, 6.45) is 5.03. The lowest BCUT2D eigenvalue weighted by molar-refractivity contribution is 0.638. The maximum absolute atomic E-state index is 4.16. The summed E-state index contributed by atoms with van der Waals surface area (Å²) < 4.78 is 1.28. The minimum absolute atomic E-state index is 1.01. The average molecular weight is 260 g/mol. The van der Waals surface area contributed by atoms with Crippen molar-refractivity contribution >= 4 is 22.6 Å². The third-order valence-corrected chi connectivity index (χ3v) is 2.90. The Balaban J connectivity index is 2.49. The highest BCUT2D eigenvalue weighted by atomic mass is 127. The second kappa shape index (κ2) is 3.06. The molecule has 0 spiro atoms. The van der Waals surface area contributed by atoms with E-state index in [0.29, 0.717) is 0 Å². The zero-order valence-corrected chi connectivity index (χ0v) is 8.26. The molecule has 11 heavy (non-hydrogen) atoms. The number of aromatic nitrogens is 1. The lowest BCUT2D eigenvalue weighted by Gasteiger charge is -2.17. The molecule has 0 saturated heterocycles. The van der Waals surface area contributed by atoms with Gasteiger partial charge in [-0.05, 0) is 46.7 Å². The molecule has 2 heterocycles. The van der Waals surface area contributed by atoms with Crippen LogP contribution in [0.1, 0.15) is 11.1 Å². The molecule has 0 fully saturated rings. The summed E-state index contributed by atoms with van der Waals surface area (Å²) in [5.74, 6) is 0. The second-order valence-corrected chi connectivity index (χ2v) is 3.85. The van der Waals surface area contributed by atoms with Gasteiger partial charge in [-0.2, -0.15) is 0 Å². The first-order valence-electron chi connectivity index (χ1n) is 3.70. The molecule has 1 aromatic rings. The van der Waals surface area contributed by atoms with Gasteiger partial charge in [0.1, 0.15) is 0 Å². The molecule has 0 atom stereocenters. The van der Waals surface area contributed by atoms with Crippen LogP contribution in [0.4, 0.5) is 0 Å². The topological polar surface area (TPSA) is 24.9 Å². The normalized spacial score (nSPS) is 16.1. The van der Waals surface area contributed by atoms with E-state index in [1.165, 1.54) is 14.7 Å². The minimum Gasteiger partial charge on any atom is -0.312 e. The fourth-order valence-corrected chi connectivity index (χ4v) is 2.05. The van der Waals surface area contributed by atoms with E-state index >= 15 is 0 Å². The van der Waals surface area contributed by atoms with E-state index in [4.69, 9.17) is 0 Å². The molecular weight excluding hydrogens is 251 g/mol. The Morgan fingerprint density at radius 2 is 2.36 bits per heavy atom. The first-order chi connectivity index (χ1) is 5.38. The fraction of sp³-hybridized carbons (Fsp3) is 0.375.